The Morgan fingerprint density at radius 3 is 2.91 bits per heavy atom. The van der Waals surface area contributed by atoms with Crippen LogP contribution < -0.4 is 11.5 Å². The molecule has 0 saturated carbocycles. The average molecular weight is 303 g/mol. The van der Waals surface area contributed by atoms with Crippen LogP contribution in [-0.2, 0) is 14.3 Å². The molecule has 0 aromatic carbocycles. The van der Waals surface area contributed by atoms with Gasteiger partial charge in [0.1, 0.15) is 6.04 Å². The predicted molar refractivity (Wildman–Crippen MR) is 83.1 cm³/mol. The normalized spacial score (nSPS) is 17.5. The van der Waals surface area contributed by atoms with Crippen LogP contribution in [0, 0.1) is 0 Å². The molecule has 0 unspecified atom stereocenters. The fourth-order valence-corrected chi connectivity index (χ4v) is 2.20. The van der Waals surface area contributed by atoms with E-state index < -0.39 is 18.0 Å². The van der Waals surface area contributed by atoms with Crippen molar-refractivity contribution in [3.05, 3.63) is 47.9 Å². The fourth-order valence-electron chi connectivity index (χ4n) is 2.20. The number of esters is 2. The topological polar surface area (TPSA) is 98.6 Å². The van der Waals surface area contributed by atoms with E-state index in [1.54, 1.807) is 12.2 Å². The zero-order valence-corrected chi connectivity index (χ0v) is 12.4. The average Bonchev–Trinajstić information content (AvgIpc) is 2.54. The highest BCUT2D eigenvalue weighted by Gasteiger charge is 2.22. The Bertz CT molecular complexity index is 561. The SMILES string of the molecule is NCCCC[C@H](N)C(=O)OC(=O)C1=CCN2C=CC=CC2=C1. The first kappa shape index (κ1) is 16.2. The van der Waals surface area contributed by atoms with Crippen molar-refractivity contribution in [2.75, 3.05) is 13.1 Å². The summed E-state index contributed by atoms with van der Waals surface area (Å²) in [4.78, 5) is 25.8. The van der Waals surface area contributed by atoms with Gasteiger partial charge >= 0.3 is 11.9 Å². The van der Waals surface area contributed by atoms with Gasteiger partial charge in [-0.05, 0) is 37.6 Å². The maximum Gasteiger partial charge on any atom is 0.345 e. The lowest BCUT2D eigenvalue weighted by atomic mass is 10.1. The first-order valence-corrected chi connectivity index (χ1v) is 7.37. The van der Waals surface area contributed by atoms with Crippen LogP contribution in [0.15, 0.2) is 47.9 Å². The van der Waals surface area contributed by atoms with Gasteiger partial charge in [-0.25, -0.2) is 9.59 Å². The van der Waals surface area contributed by atoms with Gasteiger partial charge in [-0.3, -0.25) is 0 Å². The highest BCUT2D eigenvalue weighted by molar-refractivity contribution is 5.99. The molecule has 0 spiro atoms. The van der Waals surface area contributed by atoms with Crippen LogP contribution >= 0.6 is 0 Å². The minimum Gasteiger partial charge on any atom is -0.388 e. The lowest BCUT2D eigenvalue weighted by Gasteiger charge is -2.25. The van der Waals surface area contributed by atoms with Crippen LogP contribution in [0.2, 0.25) is 0 Å². The van der Waals surface area contributed by atoms with Crippen molar-refractivity contribution in [2.24, 2.45) is 11.5 Å². The molecule has 2 rings (SSSR count). The van der Waals surface area contributed by atoms with Crippen molar-refractivity contribution in [2.45, 2.75) is 25.3 Å². The summed E-state index contributed by atoms with van der Waals surface area (Å²) in [5, 5.41) is 0. The zero-order valence-electron chi connectivity index (χ0n) is 12.4. The Morgan fingerprint density at radius 2 is 2.14 bits per heavy atom. The third-order valence-corrected chi connectivity index (χ3v) is 3.49. The van der Waals surface area contributed by atoms with Crippen molar-refractivity contribution >= 4 is 11.9 Å². The van der Waals surface area contributed by atoms with E-state index in [1.165, 1.54) is 0 Å². The minimum absolute atomic E-state index is 0.369. The zero-order chi connectivity index (χ0) is 15.9. The number of nitrogens with two attached hydrogens (primary N) is 2. The van der Waals surface area contributed by atoms with Crippen molar-refractivity contribution in [3.63, 3.8) is 0 Å². The molecular formula is C16H21N3O3. The number of hydrogen-bond donors (Lipinski definition) is 2. The van der Waals surface area contributed by atoms with E-state index in [9.17, 15) is 9.59 Å². The first-order chi connectivity index (χ1) is 10.6. The van der Waals surface area contributed by atoms with E-state index >= 15 is 0 Å². The molecule has 2 heterocycles. The molecule has 1 atom stereocenters. The van der Waals surface area contributed by atoms with E-state index in [4.69, 9.17) is 16.2 Å². The predicted octanol–water partition coefficient (Wildman–Crippen LogP) is 0.722. The third kappa shape index (κ3) is 4.16. The quantitative estimate of drug-likeness (QED) is 0.426. The first-order valence-electron chi connectivity index (χ1n) is 7.37. The van der Waals surface area contributed by atoms with E-state index in [0.717, 1.165) is 18.5 Å². The van der Waals surface area contributed by atoms with Crippen LogP contribution in [0.5, 0.6) is 0 Å². The molecule has 0 amide bonds. The van der Waals surface area contributed by atoms with Gasteiger partial charge in [-0.2, -0.15) is 0 Å². The molecule has 118 valence electrons. The second kappa shape index (κ2) is 7.72. The molecule has 0 aromatic heterocycles. The molecule has 2 aliphatic rings. The summed E-state index contributed by atoms with van der Waals surface area (Å²) < 4.78 is 4.85. The third-order valence-electron chi connectivity index (χ3n) is 3.49. The Balaban J connectivity index is 1.88. The second-order valence-electron chi connectivity index (χ2n) is 5.18. The van der Waals surface area contributed by atoms with Crippen molar-refractivity contribution in [1.82, 2.24) is 4.90 Å². The monoisotopic (exact) mass is 303 g/mol. The summed E-state index contributed by atoms with van der Waals surface area (Å²) in [5.74, 6) is -1.35. The van der Waals surface area contributed by atoms with Crippen molar-refractivity contribution in [1.29, 1.82) is 0 Å². The summed E-state index contributed by atoms with van der Waals surface area (Å²) in [6.07, 6.45) is 13.0. The Labute approximate surface area is 129 Å². The number of ether oxygens (including phenoxy) is 1. The van der Waals surface area contributed by atoms with Crippen LogP contribution in [0.3, 0.4) is 0 Å². The van der Waals surface area contributed by atoms with E-state index in [2.05, 4.69) is 0 Å². The van der Waals surface area contributed by atoms with E-state index in [-0.39, 0.29) is 0 Å². The number of fused-ring (bicyclic) bond motifs is 1. The Kier molecular flexibility index (Phi) is 5.68. The molecule has 0 saturated heterocycles. The molecule has 0 aromatic rings. The fraction of sp³-hybridized carbons (Fsp3) is 0.375. The molecule has 6 heteroatoms. The molecule has 0 fully saturated rings. The van der Waals surface area contributed by atoms with E-state index in [0.29, 0.717) is 25.1 Å². The Morgan fingerprint density at radius 1 is 1.32 bits per heavy atom. The lowest BCUT2D eigenvalue weighted by molar-refractivity contribution is -0.157. The molecule has 0 bridgehead atoms. The molecule has 4 N–H and O–H groups in total. The number of carbonyl (C=O) groups excluding carboxylic acids is 2. The summed E-state index contributed by atoms with van der Waals surface area (Å²) in [5.41, 5.74) is 12.3. The molecule has 22 heavy (non-hydrogen) atoms. The van der Waals surface area contributed by atoms with Gasteiger partial charge < -0.3 is 21.1 Å². The van der Waals surface area contributed by atoms with Crippen molar-refractivity contribution < 1.29 is 14.3 Å². The standard InChI is InChI=1S/C16H21N3O3/c17-8-3-1-6-14(18)16(21)22-15(20)12-7-10-19-9-4-2-5-13(19)11-12/h2,4-5,7,9,11,14H,1,3,6,8,10,17-18H2/t14-/m0/s1. The van der Waals surface area contributed by atoms with Crippen LogP contribution in [0.4, 0.5) is 0 Å². The number of allylic oxidation sites excluding steroid dienone is 3. The second-order valence-corrected chi connectivity index (χ2v) is 5.18. The van der Waals surface area contributed by atoms with Crippen molar-refractivity contribution in [3.8, 4) is 0 Å². The number of rotatable bonds is 6. The lowest BCUT2D eigenvalue weighted by Crippen LogP contribution is -2.34. The highest BCUT2D eigenvalue weighted by Crippen LogP contribution is 2.20. The van der Waals surface area contributed by atoms with Gasteiger partial charge in [0.15, 0.2) is 0 Å². The summed E-state index contributed by atoms with van der Waals surface area (Å²) >= 11 is 0. The molecule has 0 aliphatic carbocycles. The van der Waals surface area contributed by atoms with E-state index in [1.807, 2.05) is 29.3 Å². The van der Waals surface area contributed by atoms with Gasteiger partial charge in [0, 0.05) is 18.4 Å². The number of unbranched alkanes of at least 4 members (excludes halogenated alkanes) is 1. The van der Waals surface area contributed by atoms with Gasteiger partial charge in [0.2, 0.25) is 0 Å². The highest BCUT2D eigenvalue weighted by atomic mass is 16.6. The molecular weight excluding hydrogens is 282 g/mol. The van der Waals surface area contributed by atoms with Gasteiger partial charge in [0.05, 0.1) is 5.57 Å². The maximum atomic E-state index is 12.0. The smallest absolute Gasteiger partial charge is 0.345 e. The largest absolute Gasteiger partial charge is 0.388 e. The van der Waals surface area contributed by atoms with Gasteiger partial charge in [-0.15, -0.1) is 0 Å². The molecule has 2 aliphatic heterocycles. The summed E-state index contributed by atoms with van der Waals surface area (Å²) in [6, 6.07) is -0.790. The number of hydrogen-bond acceptors (Lipinski definition) is 6. The van der Waals surface area contributed by atoms with Crippen LogP contribution in [0.25, 0.3) is 0 Å². The molecule has 0 radical (unpaired) electrons. The Hall–Kier alpha value is -2.18. The number of carbonyl (C=O) groups is 2. The van der Waals surface area contributed by atoms with Crippen LogP contribution in [0.1, 0.15) is 19.3 Å². The maximum absolute atomic E-state index is 12.0. The minimum atomic E-state index is -0.790. The molecule has 6 nitrogen and oxygen atoms in total. The van der Waals surface area contributed by atoms with Gasteiger partial charge in [0.25, 0.3) is 0 Å². The summed E-state index contributed by atoms with van der Waals surface area (Å²) in [6.45, 7) is 1.12. The summed E-state index contributed by atoms with van der Waals surface area (Å²) in [7, 11) is 0. The van der Waals surface area contributed by atoms with Gasteiger partial charge in [-0.1, -0.05) is 18.6 Å². The number of nitrogens with zero attached hydrogens (tertiary/aromatic N) is 1. The van der Waals surface area contributed by atoms with Crippen LogP contribution in [-0.4, -0.2) is 36.0 Å².